The standard InChI is InChI=1S/C21H25FN6O2S/c1-15-4-10-18(11-5-15)31(29,30)24-13-12-23-21-26-19(14-20(27-21)28(2)3)25-17-8-6-16(22)7-9-17/h4-11,14,24H,12-13H2,1-3H3,(H2,23,25,26,27). The van der Waals surface area contributed by atoms with Crippen molar-refractivity contribution in [3.8, 4) is 0 Å². The van der Waals surface area contributed by atoms with Gasteiger partial charge in [-0.15, -0.1) is 0 Å². The summed E-state index contributed by atoms with van der Waals surface area (Å²) in [7, 11) is 0.114. The van der Waals surface area contributed by atoms with Gasteiger partial charge in [-0.2, -0.15) is 9.97 Å². The third-order valence-electron chi connectivity index (χ3n) is 4.32. The van der Waals surface area contributed by atoms with Gasteiger partial charge in [0.2, 0.25) is 16.0 Å². The van der Waals surface area contributed by atoms with Crippen molar-refractivity contribution in [2.75, 3.05) is 42.7 Å². The molecule has 0 aliphatic heterocycles. The molecule has 3 rings (SSSR count). The van der Waals surface area contributed by atoms with E-state index in [2.05, 4.69) is 25.3 Å². The molecule has 0 aliphatic rings. The Kier molecular flexibility index (Phi) is 7.03. The van der Waals surface area contributed by atoms with Crippen molar-refractivity contribution in [3.63, 3.8) is 0 Å². The minimum absolute atomic E-state index is 0.159. The van der Waals surface area contributed by atoms with Crippen LogP contribution in [0.5, 0.6) is 0 Å². The van der Waals surface area contributed by atoms with Gasteiger partial charge in [-0.1, -0.05) is 17.7 Å². The molecule has 10 heteroatoms. The minimum atomic E-state index is -3.59. The van der Waals surface area contributed by atoms with E-state index in [0.29, 0.717) is 23.3 Å². The van der Waals surface area contributed by atoms with Gasteiger partial charge in [0.1, 0.15) is 17.5 Å². The summed E-state index contributed by atoms with van der Waals surface area (Å²) in [5, 5.41) is 6.14. The highest BCUT2D eigenvalue weighted by Crippen LogP contribution is 2.20. The number of nitrogens with zero attached hydrogens (tertiary/aromatic N) is 3. The van der Waals surface area contributed by atoms with Crippen molar-refractivity contribution >= 4 is 33.3 Å². The lowest BCUT2D eigenvalue weighted by Crippen LogP contribution is -2.29. The second-order valence-corrected chi connectivity index (χ2v) is 8.87. The smallest absolute Gasteiger partial charge is 0.240 e. The lowest BCUT2D eigenvalue weighted by molar-refractivity contribution is 0.583. The van der Waals surface area contributed by atoms with Crippen LogP contribution in [0.15, 0.2) is 59.5 Å². The van der Waals surface area contributed by atoms with Crippen molar-refractivity contribution < 1.29 is 12.8 Å². The Balaban J connectivity index is 1.64. The molecule has 0 saturated carbocycles. The molecule has 3 N–H and O–H groups in total. The molecule has 0 spiro atoms. The molecule has 0 fully saturated rings. The van der Waals surface area contributed by atoms with Crippen LogP contribution in [0.4, 0.5) is 27.7 Å². The highest BCUT2D eigenvalue weighted by molar-refractivity contribution is 7.89. The van der Waals surface area contributed by atoms with Gasteiger partial charge in [-0.05, 0) is 43.3 Å². The van der Waals surface area contributed by atoms with Crippen LogP contribution >= 0.6 is 0 Å². The molecule has 3 aromatic rings. The highest BCUT2D eigenvalue weighted by Gasteiger charge is 2.13. The van der Waals surface area contributed by atoms with Gasteiger partial charge in [-0.25, -0.2) is 17.5 Å². The maximum absolute atomic E-state index is 13.1. The van der Waals surface area contributed by atoms with E-state index in [9.17, 15) is 12.8 Å². The van der Waals surface area contributed by atoms with Crippen LogP contribution in [0.3, 0.4) is 0 Å². The lowest BCUT2D eigenvalue weighted by atomic mass is 10.2. The lowest BCUT2D eigenvalue weighted by Gasteiger charge is -2.16. The average Bonchev–Trinajstić information content (AvgIpc) is 2.73. The predicted molar refractivity (Wildman–Crippen MR) is 121 cm³/mol. The molecule has 164 valence electrons. The maximum atomic E-state index is 13.1. The van der Waals surface area contributed by atoms with Crippen molar-refractivity contribution in [1.82, 2.24) is 14.7 Å². The molecule has 0 unspecified atom stereocenters. The summed E-state index contributed by atoms with van der Waals surface area (Å²) in [6.45, 7) is 2.35. The molecule has 1 heterocycles. The van der Waals surface area contributed by atoms with E-state index in [1.165, 1.54) is 12.1 Å². The van der Waals surface area contributed by atoms with Crippen molar-refractivity contribution in [2.24, 2.45) is 0 Å². The van der Waals surface area contributed by atoms with E-state index >= 15 is 0 Å². The molecular weight excluding hydrogens is 419 g/mol. The minimum Gasteiger partial charge on any atom is -0.363 e. The van der Waals surface area contributed by atoms with Crippen LogP contribution in [0.25, 0.3) is 0 Å². The monoisotopic (exact) mass is 444 g/mol. The fourth-order valence-electron chi connectivity index (χ4n) is 2.65. The van der Waals surface area contributed by atoms with Crippen LogP contribution < -0.4 is 20.3 Å². The van der Waals surface area contributed by atoms with E-state index < -0.39 is 10.0 Å². The fraction of sp³-hybridized carbons (Fsp3) is 0.238. The number of anilines is 4. The average molecular weight is 445 g/mol. The highest BCUT2D eigenvalue weighted by atomic mass is 32.2. The number of hydrogen-bond acceptors (Lipinski definition) is 7. The van der Waals surface area contributed by atoms with Crippen LogP contribution in [-0.4, -0.2) is 45.6 Å². The molecule has 31 heavy (non-hydrogen) atoms. The first-order valence-electron chi connectivity index (χ1n) is 9.62. The summed E-state index contributed by atoms with van der Waals surface area (Å²) in [5.41, 5.74) is 1.67. The number of sulfonamides is 1. The summed E-state index contributed by atoms with van der Waals surface area (Å²) >= 11 is 0. The van der Waals surface area contributed by atoms with Gasteiger partial charge in [0.05, 0.1) is 4.90 Å². The van der Waals surface area contributed by atoms with Crippen LogP contribution in [0.2, 0.25) is 0 Å². The van der Waals surface area contributed by atoms with Gasteiger partial charge in [0, 0.05) is 38.9 Å². The maximum Gasteiger partial charge on any atom is 0.240 e. The zero-order chi connectivity index (χ0) is 22.4. The molecule has 0 saturated heterocycles. The van der Waals surface area contributed by atoms with Crippen molar-refractivity contribution in [3.05, 3.63) is 66.0 Å². The Bertz CT molecular complexity index is 1120. The Morgan fingerprint density at radius 1 is 0.968 bits per heavy atom. The van der Waals surface area contributed by atoms with E-state index in [1.54, 1.807) is 42.5 Å². The van der Waals surface area contributed by atoms with Gasteiger partial charge in [-0.3, -0.25) is 0 Å². The van der Waals surface area contributed by atoms with E-state index in [1.807, 2.05) is 25.9 Å². The van der Waals surface area contributed by atoms with Crippen molar-refractivity contribution in [2.45, 2.75) is 11.8 Å². The number of hydrogen-bond donors (Lipinski definition) is 3. The number of aromatic nitrogens is 2. The van der Waals surface area contributed by atoms with Crippen LogP contribution in [0, 0.1) is 12.7 Å². The first-order valence-corrected chi connectivity index (χ1v) is 11.1. The number of rotatable bonds is 9. The zero-order valence-electron chi connectivity index (χ0n) is 17.6. The zero-order valence-corrected chi connectivity index (χ0v) is 18.4. The third-order valence-corrected chi connectivity index (χ3v) is 5.80. The number of aryl methyl sites for hydroxylation is 1. The molecule has 0 atom stereocenters. The Morgan fingerprint density at radius 2 is 1.65 bits per heavy atom. The summed E-state index contributed by atoms with van der Waals surface area (Å²) in [6.07, 6.45) is 0. The van der Waals surface area contributed by atoms with Gasteiger partial charge >= 0.3 is 0 Å². The van der Waals surface area contributed by atoms with Crippen molar-refractivity contribution in [1.29, 1.82) is 0 Å². The summed E-state index contributed by atoms with van der Waals surface area (Å²) < 4.78 is 40.4. The second-order valence-electron chi connectivity index (χ2n) is 7.10. The summed E-state index contributed by atoms with van der Waals surface area (Å²) in [4.78, 5) is 10.9. The van der Waals surface area contributed by atoms with E-state index in [-0.39, 0.29) is 23.8 Å². The quantitative estimate of drug-likeness (QED) is 0.436. The van der Waals surface area contributed by atoms with Gasteiger partial charge in [0.15, 0.2) is 0 Å². The Morgan fingerprint density at radius 3 is 2.29 bits per heavy atom. The predicted octanol–water partition coefficient (Wildman–Crippen LogP) is 3.12. The van der Waals surface area contributed by atoms with Gasteiger partial charge in [0.25, 0.3) is 0 Å². The molecule has 8 nitrogen and oxygen atoms in total. The molecule has 0 radical (unpaired) electrons. The van der Waals surface area contributed by atoms with Crippen LogP contribution in [0.1, 0.15) is 5.56 Å². The molecule has 2 aromatic carbocycles. The number of benzene rings is 2. The Hall–Kier alpha value is -3.24. The van der Waals surface area contributed by atoms with E-state index in [4.69, 9.17) is 0 Å². The first-order chi connectivity index (χ1) is 14.7. The first kappa shape index (κ1) is 22.4. The van der Waals surface area contributed by atoms with Gasteiger partial charge < -0.3 is 15.5 Å². The van der Waals surface area contributed by atoms with E-state index in [0.717, 1.165) is 5.56 Å². The van der Waals surface area contributed by atoms with Crippen LogP contribution in [-0.2, 0) is 10.0 Å². The molecule has 0 aliphatic carbocycles. The normalized spacial score (nSPS) is 11.2. The molecule has 1 aromatic heterocycles. The number of nitrogens with one attached hydrogen (secondary N) is 3. The fourth-order valence-corrected chi connectivity index (χ4v) is 3.68. The molecular formula is C21H25FN6O2S. The number of halogens is 1. The molecule has 0 amide bonds. The summed E-state index contributed by atoms with van der Waals surface area (Å²) in [6, 6.07) is 14.3. The topological polar surface area (TPSA) is 99.2 Å². The molecule has 0 bridgehead atoms. The largest absolute Gasteiger partial charge is 0.363 e. The Labute approximate surface area is 181 Å². The second kappa shape index (κ2) is 9.71. The summed E-state index contributed by atoms with van der Waals surface area (Å²) in [5.74, 6) is 1.19. The SMILES string of the molecule is Cc1ccc(S(=O)(=O)NCCNc2nc(Nc3ccc(F)cc3)cc(N(C)C)n2)cc1. The third kappa shape index (κ3) is 6.37.